The van der Waals surface area contributed by atoms with Crippen LogP contribution in [0.15, 0.2) is 60.1 Å². The molecule has 0 bridgehead atoms. The van der Waals surface area contributed by atoms with E-state index in [1.54, 1.807) is 11.3 Å². The van der Waals surface area contributed by atoms with Crippen LogP contribution in [0.3, 0.4) is 0 Å². The van der Waals surface area contributed by atoms with Crippen LogP contribution in [0.4, 0.5) is 0 Å². The summed E-state index contributed by atoms with van der Waals surface area (Å²) in [5.74, 6) is -0.250. The highest BCUT2D eigenvalue weighted by Crippen LogP contribution is 2.24. The van der Waals surface area contributed by atoms with Gasteiger partial charge in [-0.25, -0.2) is 4.98 Å². The monoisotopic (exact) mass is 362 g/mol. The van der Waals surface area contributed by atoms with Crippen molar-refractivity contribution in [2.24, 2.45) is 0 Å². The number of aromatic amines is 1. The summed E-state index contributed by atoms with van der Waals surface area (Å²) in [4.78, 5) is 19.9. The number of para-hydroxylation sites is 1. The minimum absolute atomic E-state index is 0.198. The molecule has 0 atom stereocenters. The molecule has 4 nitrogen and oxygen atoms in total. The maximum Gasteiger partial charge on any atom is 0.310 e. The number of fused-ring (bicyclic) bond motifs is 1. The van der Waals surface area contributed by atoms with Gasteiger partial charge in [0.1, 0.15) is 11.6 Å². The summed E-state index contributed by atoms with van der Waals surface area (Å²) in [5, 5.41) is 3.93. The first-order chi connectivity index (χ1) is 12.7. The molecule has 0 amide bonds. The quantitative estimate of drug-likeness (QED) is 0.515. The number of carbonyl (C=O) groups excluding carboxylic acids is 1. The zero-order chi connectivity index (χ0) is 17.9. The minimum Gasteiger partial charge on any atom is -0.459 e. The summed E-state index contributed by atoms with van der Waals surface area (Å²) in [5.41, 5.74) is 5.05. The SMILES string of the molecule is Cc1ccc(-c2nc(COC(=O)Cc3c[nH]c4ccccc34)cs2)cc1. The summed E-state index contributed by atoms with van der Waals surface area (Å²) in [6, 6.07) is 16.2. The number of aryl methyl sites for hydroxylation is 1. The molecule has 130 valence electrons. The molecule has 0 saturated heterocycles. The highest BCUT2D eigenvalue weighted by molar-refractivity contribution is 7.13. The van der Waals surface area contributed by atoms with Crippen molar-refractivity contribution in [1.82, 2.24) is 9.97 Å². The molecule has 2 heterocycles. The number of hydrogen-bond acceptors (Lipinski definition) is 4. The summed E-state index contributed by atoms with van der Waals surface area (Å²) in [7, 11) is 0. The van der Waals surface area contributed by atoms with Gasteiger partial charge in [0, 0.05) is 28.0 Å². The lowest BCUT2D eigenvalue weighted by molar-refractivity contribution is -0.144. The van der Waals surface area contributed by atoms with Crippen LogP contribution in [-0.4, -0.2) is 15.9 Å². The average molecular weight is 362 g/mol. The van der Waals surface area contributed by atoms with E-state index < -0.39 is 0 Å². The number of thiazole rings is 1. The standard InChI is InChI=1S/C21H18N2O2S/c1-14-6-8-15(9-7-14)21-23-17(13-26-21)12-25-20(24)10-16-11-22-19-5-3-2-4-18(16)19/h2-9,11,13,22H,10,12H2,1H3. The van der Waals surface area contributed by atoms with Gasteiger partial charge < -0.3 is 9.72 Å². The van der Waals surface area contributed by atoms with Crippen molar-refractivity contribution >= 4 is 28.2 Å². The third kappa shape index (κ3) is 3.53. The van der Waals surface area contributed by atoms with E-state index in [2.05, 4.69) is 41.2 Å². The number of rotatable bonds is 5. The summed E-state index contributed by atoms with van der Waals surface area (Å²) in [6.45, 7) is 2.26. The summed E-state index contributed by atoms with van der Waals surface area (Å²) < 4.78 is 5.41. The highest BCUT2D eigenvalue weighted by Gasteiger charge is 2.11. The van der Waals surface area contributed by atoms with Gasteiger partial charge in [-0.15, -0.1) is 11.3 Å². The molecule has 5 heteroatoms. The van der Waals surface area contributed by atoms with Gasteiger partial charge in [0.15, 0.2) is 0 Å². The second kappa shape index (κ2) is 7.14. The molecule has 2 aromatic carbocycles. The Morgan fingerprint density at radius 1 is 1.15 bits per heavy atom. The van der Waals surface area contributed by atoms with Gasteiger partial charge >= 0.3 is 5.97 Å². The number of nitrogens with one attached hydrogen (secondary N) is 1. The fourth-order valence-corrected chi connectivity index (χ4v) is 3.65. The predicted octanol–water partition coefficient (Wildman–Crippen LogP) is 4.89. The average Bonchev–Trinajstić information content (AvgIpc) is 3.28. The number of ether oxygens (including phenoxy) is 1. The van der Waals surface area contributed by atoms with E-state index in [1.807, 2.05) is 35.8 Å². The van der Waals surface area contributed by atoms with Gasteiger partial charge in [0.05, 0.1) is 12.1 Å². The van der Waals surface area contributed by atoms with Crippen molar-refractivity contribution in [1.29, 1.82) is 0 Å². The van der Waals surface area contributed by atoms with Crippen LogP contribution in [-0.2, 0) is 22.6 Å². The first-order valence-corrected chi connectivity index (χ1v) is 9.29. The van der Waals surface area contributed by atoms with Crippen molar-refractivity contribution in [2.75, 3.05) is 0 Å². The van der Waals surface area contributed by atoms with Crippen LogP contribution in [0.1, 0.15) is 16.8 Å². The van der Waals surface area contributed by atoms with Gasteiger partial charge in [0.25, 0.3) is 0 Å². The Hall–Kier alpha value is -2.92. The molecule has 0 aliphatic heterocycles. The number of esters is 1. The molecular formula is C21H18N2O2S. The fourth-order valence-electron chi connectivity index (χ4n) is 2.84. The lowest BCUT2D eigenvalue weighted by Crippen LogP contribution is -2.07. The Bertz CT molecular complexity index is 1050. The topological polar surface area (TPSA) is 55.0 Å². The third-order valence-electron chi connectivity index (χ3n) is 4.24. The van der Waals surface area contributed by atoms with Crippen LogP contribution in [0.5, 0.6) is 0 Å². The second-order valence-corrected chi connectivity index (χ2v) is 7.07. The van der Waals surface area contributed by atoms with Crippen LogP contribution < -0.4 is 0 Å². The Morgan fingerprint density at radius 2 is 1.96 bits per heavy atom. The lowest BCUT2D eigenvalue weighted by atomic mass is 10.1. The van der Waals surface area contributed by atoms with Crippen molar-refractivity contribution in [2.45, 2.75) is 20.0 Å². The third-order valence-corrected chi connectivity index (χ3v) is 5.18. The number of hydrogen-bond donors (Lipinski definition) is 1. The normalized spacial score (nSPS) is 11.0. The van der Waals surface area contributed by atoms with Crippen molar-refractivity contribution in [3.63, 3.8) is 0 Å². The summed E-state index contributed by atoms with van der Waals surface area (Å²) in [6.07, 6.45) is 2.11. The van der Waals surface area contributed by atoms with E-state index in [1.165, 1.54) is 5.56 Å². The van der Waals surface area contributed by atoms with Gasteiger partial charge in [-0.2, -0.15) is 0 Å². The molecular weight excluding hydrogens is 344 g/mol. The minimum atomic E-state index is -0.250. The molecule has 2 aromatic heterocycles. The summed E-state index contributed by atoms with van der Waals surface area (Å²) >= 11 is 1.56. The van der Waals surface area contributed by atoms with Crippen LogP contribution in [0.25, 0.3) is 21.5 Å². The van der Waals surface area contributed by atoms with Crippen molar-refractivity contribution < 1.29 is 9.53 Å². The van der Waals surface area contributed by atoms with Gasteiger partial charge in [-0.3, -0.25) is 4.79 Å². The highest BCUT2D eigenvalue weighted by atomic mass is 32.1. The Morgan fingerprint density at radius 3 is 2.81 bits per heavy atom. The van der Waals surface area contributed by atoms with Gasteiger partial charge in [0.2, 0.25) is 0 Å². The molecule has 0 aliphatic carbocycles. The van der Waals surface area contributed by atoms with Gasteiger partial charge in [-0.1, -0.05) is 48.0 Å². The van der Waals surface area contributed by atoms with E-state index >= 15 is 0 Å². The van der Waals surface area contributed by atoms with E-state index in [-0.39, 0.29) is 19.0 Å². The maximum atomic E-state index is 12.2. The number of carbonyl (C=O) groups is 1. The van der Waals surface area contributed by atoms with Gasteiger partial charge in [-0.05, 0) is 18.6 Å². The van der Waals surface area contributed by atoms with E-state index in [0.717, 1.165) is 32.7 Å². The largest absolute Gasteiger partial charge is 0.459 e. The van der Waals surface area contributed by atoms with Crippen LogP contribution in [0, 0.1) is 6.92 Å². The zero-order valence-electron chi connectivity index (χ0n) is 14.4. The van der Waals surface area contributed by atoms with E-state index in [0.29, 0.717) is 0 Å². The molecule has 26 heavy (non-hydrogen) atoms. The Balaban J connectivity index is 1.38. The fraction of sp³-hybridized carbons (Fsp3) is 0.143. The van der Waals surface area contributed by atoms with Crippen molar-refractivity contribution in [3.05, 3.63) is 76.9 Å². The Kier molecular flexibility index (Phi) is 4.54. The zero-order valence-corrected chi connectivity index (χ0v) is 15.2. The number of benzene rings is 2. The number of aromatic nitrogens is 2. The lowest BCUT2D eigenvalue weighted by Gasteiger charge is -2.02. The molecule has 0 radical (unpaired) electrons. The molecule has 0 saturated carbocycles. The molecule has 1 N–H and O–H groups in total. The first kappa shape index (κ1) is 16.5. The van der Waals surface area contributed by atoms with Crippen LogP contribution >= 0.6 is 11.3 Å². The smallest absolute Gasteiger partial charge is 0.310 e. The molecule has 4 aromatic rings. The Labute approximate surface area is 155 Å². The molecule has 4 rings (SSSR count). The number of nitrogens with zero attached hydrogens (tertiary/aromatic N) is 1. The van der Waals surface area contributed by atoms with Crippen LogP contribution in [0.2, 0.25) is 0 Å². The molecule has 0 aliphatic rings. The van der Waals surface area contributed by atoms with Crippen molar-refractivity contribution in [3.8, 4) is 10.6 Å². The first-order valence-electron chi connectivity index (χ1n) is 8.41. The predicted molar refractivity (Wildman–Crippen MR) is 104 cm³/mol. The molecule has 0 fully saturated rings. The molecule has 0 unspecified atom stereocenters. The second-order valence-electron chi connectivity index (χ2n) is 6.21. The van der Waals surface area contributed by atoms with E-state index in [9.17, 15) is 4.79 Å². The van der Waals surface area contributed by atoms with E-state index in [4.69, 9.17) is 4.74 Å². The molecule has 0 spiro atoms. The number of H-pyrrole nitrogens is 1. The maximum absolute atomic E-state index is 12.2.